The fraction of sp³-hybridized carbons (Fsp3) is 0.348. The number of aryl methyl sites for hydroxylation is 1. The third-order valence-corrected chi connectivity index (χ3v) is 7.88. The van der Waals surface area contributed by atoms with Gasteiger partial charge in [0, 0.05) is 43.3 Å². The highest BCUT2D eigenvalue weighted by molar-refractivity contribution is 7.91. The minimum absolute atomic E-state index is 0.0473. The van der Waals surface area contributed by atoms with E-state index in [1.54, 1.807) is 12.1 Å². The van der Waals surface area contributed by atoms with E-state index in [4.69, 9.17) is 4.98 Å². The summed E-state index contributed by atoms with van der Waals surface area (Å²) in [6.45, 7) is 4.13. The Morgan fingerprint density at radius 2 is 2.00 bits per heavy atom. The van der Waals surface area contributed by atoms with Crippen LogP contribution in [-0.2, 0) is 16.4 Å². The second-order valence-electron chi connectivity index (χ2n) is 8.37. The van der Waals surface area contributed by atoms with Crippen molar-refractivity contribution in [2.24, 2.45) is 0 Å². The van der Waals surface area contributed by atoms with Crippen LogP contribution in [0.15, 0.2) is 53.4 Å². The molecule has 1 fully saturated rings. The molecular weight excluding hydrogens is 412 g/mol. The molecule has 0 aliphatic carbocycles. The standard InChI is InChI=1S/C23H26N4O3S/c1-15-6-7-18-17(10-15)19(25-20-12-24-13-21(20)28)11-23(26-18)27-8-9-31(29,30)22-5-3-2-4-16(22)14-27/h2-7,10-11,20-21,24,28H,8-9,12-14H2,1H3,(H,25,26)/t20-,21+/m1/s1. The average Bonchev–Trinajstić information content (AvgIpc) is 3.09. The largest absolute Gasteiger partial charge is 0.390 e. The molecule has 0 saturated carbocycles. The van der Waals surface area contributed by atoms with Crippen molar-refractivity contribution in [1.29, 1.82) is 0 Å². The van der Waals surface area contributed by atoms with Crippen LogP contribution in [0.5, 0.6) is 0 Å². The molecule has 5 rings (SSSR count). The minimum Gasteiger partial charge on any atom is -0.390 e. The summed E-state index contributed by atoms with van der Waals surface area (Å²) in [4.78, 5) is 7.30. The molecule has 0 spiro atoms. The van der Waals surface area contributed by atoms with E-state index < -0.39 is 15.9 Å². The number of nitrogens with one attached hydrogen (secondary N) is 2. The zero-order chi connectivity index (χ0) is 21.6. The summed E-state index contributed by atoms with van der Waals surface area (Å²) in [5, 5.41) is 18.0. The lowest BCUT2D eigenvalue weighted by Gasteiger charge is -2.25. The highest BCUT2D eigenvalue weighted by Gasteiger charge is 2.28. The van der Waals surface area contributed by atoms with Gasteiger partial charge < -0.3 is 20.6 Å². The highest BCUT2D eigenvalue weighted by Crippen LogP contribution is 2.32. The van der Waals surface area contributed by atoms with Crippen molar-refractivity contribution in [1.82, 2.24) is 10.3 Å². The first-order valence-electron chi connectivity index (χ1n) is 10.5. The number of nitrogens with zero attached hydrogens (tertiary/aromatic N) is 2. The molecule has 3 aromatic rings. The van der Waals surface area contributed by atoms with Gasteiger partial charge in [-0.1, -0.05) is 29.8 Å². The normalized spacial score (nSPS) is 22.8. The molecule has 0 bridgehead atoms. The van der Waals surface area contributed by atoms with Gasteiger partial charge in [-0.05, 0) is 30.7 Å². The summed E-state index contributed by atoms with van der Waals surface area (Å²) in [5.74, 6) is 0.775. The van der Waals surface area contributed by atoms with Crippen molar-refractivity contribution in [2.45, 2.75) is 30.5 Å². The van der Waals surface area contributed by atoms with E-state index in [0.717, 1.165) is 33.5 Å². The van der Waals surface area contributed by atoms with Crippen LogP contribution < -0.4 is 15.5 Å². The van der Waals surface area contributed by atoms with E-state index in [-0.39, 0.29) is 11.8 Å². The Morgan fingerprint density at radius 1 is 1.16 bits per heavy atom. The summed E-state index contributed by atoms with van der Waals surface area (Å²) in [7, 11) is -3.33. The third-order valence-electron chi connectivity index (χ3n) is 6.10. The second kappa shape index (κ2) is 7.78. The molecule has 2 aliphatic rings. The molecule has 1 aromatic heterocycles. The summed E-state index contributed by atoms with van der Waals surface area (Å²) in [6.07, 6.45) is -0.466. The van der Waals surface area contributed by atoms with Crippen LogP contribution in [0.2, 0.25) is 0 Å². The molecule has 0 amide bonds. The summed E-state index contributed by atoms with van der Waals surface area (Å²) >= 11 is 0. The number of sulfone groups is 1. The first-order valence-corrected chi connectivity index (χ1v) is 12.2. The zero-order valence-corrected chi connectivity index (χ0v) is 18.2. The predicted octanol–water partition coefficient (Wildman–Crippen LogP) is 2.08. The average molecular weight is 439 g/mol. The number of aliphatic hydroxyl groups excluding tert-OH is 1. The zero-order valence-electron chi connectivity index (χ0n) is 17.4. The Balaban J connectivity index is 1.58. The fourth-order valence-corrected chi connectivity index (χ4v) is 5.88. The van der Waals surface area contributed by atoms with Gasteiger partial charge in [0.1, 0.15) is 5.82 Å². The van der Waals surface area contributed by atoms with Crippen LogP contribution in [0.4, 0.5) is 11.5 Å². The van der Waals surface area contributed by atoms with Gasteiger partial charge in [-0.2, -0.15) is 0 Å². The lowest BCUT2D eigenvalue weighted by atomic mass is 10.1. The van der Waals surface area contributed by atoms with Crippen molar-refractivity contribution in [3.8, 4) is 0 Å². The fourth-order valence-electron chi connectivity index (χ4n) is 4.38. The molecule has 1 saturated heterocycles. The lowest BCUT2D eigenvalue weighted by molar-refractivity contribution is 0.185. The van der Waals surface area contributed by atoms with Crippen LogP contribution in [0.1, 0.15) is 11.1 Å². The monoisotopic (exact) mass is 438 g/mol. The molecule has 2 aromatic carbocycles. The molecule has 7 nitrogen and oxygen atoms in total. The van der Waals surface area contributed by atoms with Crippen molar-refractivity contribution in [3.63, 3.8) is 0 Å². The Hall–Kier alpha value is -2.68. The Labute approximate surface area is 182 Å². The maximum atomic E-state index is 12.8. The molecule has 0 radical (unpaired) electrons. The van der Waals surface area contributed by atoms with Crippen LogP contribution in [0.3, 0.4) is 0 Å². The van der Waals surface area contributed by atoms with E-state index >= 15 is 0 Å². The number of aromatic nitrogens is 1. The number of anilines is 2. The Morgan fingerprint density at radius 3 is 2.81 bits per heavy atom. The number of rotatable bonds is 3. The maximum Gasteiger partial charge on any atom is 0.180 e. The van der Waals surface area contributed by atoms with Crippen LogP contribution >= 0.6 is 0 Å². The number of pyridine rings is 1. The van der Waals surface area contributed by atoms with Gasteiger partial charge in [-0.25, -0.2) is 13.4 Å². The second-order valence-corrected chi connectivity index (χ2v) is 10.5. The molecular formula is C23H26N4O3S. The minimum atomic E-state index is -3.33. The molecule has 8 heteroatoms. The number of hydrogen-bond acceptors (Lipinski definition) is 7. The Kier molecular flexibility index (Phi) is 5.08. The molecule has 2 aliphatic heterocycles. The first kappa shape index (κ1) is 20.2. The van der Waals surface area contributed by atoms with Gasteiger partial charge in [-0.3, -0.25) is 0 Å². The number of fused-ring (bicyclic) bond motifs is 2. The van der Waals surface area contributed by atoms with E-state index in [1.807, 2.05) is 42.2 Å². The van der Waals surface area contributed by atoms with Crippen molar-refractivity contribution < 1.29 is 13.5 Å². The van der Waals surface area contributed by atoms with Gasteiger partial charge in [0.2, 0.25) is 0 Å². The van der Waals surface area contributed by atoms with E-state index in [0.29, 0.717) is 31.1 Å². The highest BCUT2D eigenvalue weighted by atomic mass is 32.2. The van der Waals surface area contributed by atoms with Gasteiger partial charge in [0.25, 0.3) is 0 Å². The maximum absolute atomic E-state index is 12.8. The van der Waals surface area contributed by atoms with Crippen molar-refractivity contribution in [2.75, 3.05) is 35.6 Å². The lowest BCUT2D eigenvalue weighted by Crippen LogP contribution is -2.32. The van der Waals surface area contributed by atoms with Crippen molar-refractivity contribution in [3.05, 3.63) is 59.7 Å². The van der Waals surface area contributed by atoms with Crippen LogP contribution in [0, 0.1) is 6.92 Å². The summed E-state index contributed by atoms with van der Waals surface area (Å²) in [5.41, 5.74) is 3.66. The van der Waals surface area contributed by atoms with E-state index in [1.165, 1.54) is 0 Å². The van der Waals surface area contributed by atoms with Gasteiger partial charge in [0.05, 0.1) is 28.3 Å². The van der Waals surface area contributed by atoms with Gasteiger partial charge >= 0.3 is 0 Å². The number of hydrogen-bond donors (Lipinski definition) is 3. The summed E-state index contributed by atoms with van der Waals surface area (Å²) in [6, 6.07) is 15.2. The molecule has 31 heavy (non-hydrogen) atoms. The van der Waals surface area contributed by atoms with Crippen molar-refractivity contribution >= 4 is 32.2 Å². The van der Waals surface area contributed by atoms with E-state index in [2.05, 4.69) is 16.7 Å². The topological polar surface area (TPSA) is 94.6 Å². The number of β-amino-alcohol motifs (C(OH)–C–C–N with tert-alkyl or cyclic N) is 1. The molecule has 0 unspecified atom stereocenters. The quantitative estimate of drug-likeness (QED) is 0.576. The van der Waals surface area contributed by atoms with E-state index in [9.17, 15) is 13.5 Å². The number of aliphatic hydroxyl groups is 1. The number of benzene rings is 2. The molecule has 3 heterocycles. The third kappa shape index (κ3) is 3.86. The van der Waals surface area contributed by atoms with Gasteiger partial charge in [0.15, 0.2) is 9.84 Å². The molecule has 3 N–H and O–H groups in total. The summed E-state index contributed by atoms with van der Waals surface area (Å²) < 4.78 is 25.5. The van der Waals surface area contributed by atoms with Crippen LogP contribution in [-0.4, -0.2) is 56.0 Å². The predicted molar refractivity (Wildman–Crippen MR) is 122 cm³/mol. The first-order chi connectivity index (χ1) is 14.9. The van der Waals surface area contributed by atoms with Gasteiger partial charge in [-0.15, -0.1) is 0 Å². The molecule has 2 atom stereocenters. The Bertz CT molecular complexity index is 1240. The SMILES string of the molecule is Cc1ccc2nc(N3CCS(=O)(=O)c4ccccc4C3)cc(N[C@@H]3CNC[C@@H]3O)c2c1. The van der Waals surface area contributed by atoms with Crippen LogP contribution in [0.25, 0.3) is 10.9 Å². The smallest absolute Gasteiger partial charge is 0.180 e. The molecule has 162 valence electrons.